The molecule has 1 aliphatic rings. The van der Waals surface area contributed by atoms with E-state index < -0.39 is 0 Å². The summed E-state index contributed by atoms with van der Waals surface area (Å²) in [6.45, 7) is 5.55. The predicted molar refractivity (Wildman–Crippen MR) is 92.3 cm³/mol. The third-order valence-electron chi connectivity index (χ3n) is 3.65. The number of benzene rings is 1. The monoisotopic (exact) mass is 326 g/mol. The molecule has 1 aromatic carbocycles. The quantitative estimate of drug-likeness (QED) is 0.475. The number of rotatable bonds is 7. The van der Waals surface area contributed by atoms with Crippen molar-refractivity contribution in [2.45, 2.75) is 26.4 Å². The Bertz CT molecular complexity index is 686. The summed E-state index contributed by atoms with van der Waals surface area (Å²) in [6.07, 6.45) is 4.05. The maximum atomic E-state index is 12.1. The number of nitriles is 1. The van der Waals surface area contributed by atoms with E-state index in [9.17, 15) is 10.1 Å². The van der Waals surface area contributed by atoms with Gasteiger partial charge in [0.2, 0.25) is 0 Å². The summed E-state index contributed by atoms with van der Waals surface area (Å²) in [7, 11) is 0. The van der Waals surface area contributed by atoms with E-state index in [2.05, 4.69) is 5.32 Å². The predicted octanol–water partition coefficient (Wildman–Crippen LogP) is 2.84. The van der Waals surface area contributed by atoms with Gasteiger partial charge in [0.25, 0.3) is 5.91 Å². The second-order valence-corrected chi connectivity index (χ2v) is 5.42. The first-order chi connectivity index (χ1) is 11.7. The number of fused-ring (bicyclic) bond motifs is 1. The molecule has 0 saturated heterocycles. The highest BCUT2D eigenvalue weighted by Crippen LogP contribution is 2.30. The number of hydrogen-bond acceptors (Lipinski definition) is 4. The zero-order chi connectivity index (χ0) is 17.4. The lowest BCUT2D eigenvalue weighted by Gasteiger charge is -2.23. The van der Waals surface area contributed by atoms with Crippen LogP contribution in [0.4, 0.5) is 0 Å². The minimum absolute atomic E-state index is 0.0764. The lowest BCUT2D eigenvalue weighted by atomic mass is 10.0. The molecule has 1 N–H and O–H groups in total. The summed E-state index contributed by atoms with van der Waals surface area (Å²) in [5.74, 6) is 0.432. The topological polar surface area (TPSA) is 71.3 Å². The van der Waals surface area contributed by atoms with Crippen molar-refractivity contribution in [3.05, 3.63) is 47.1 Å². The molecule has 0 fully saturated rings. The summed E-state index contributed by atoms with van der Waals surface area (Å²) in [5, 5.41) is 12.0. The minimum atomic E-state index is -0.374. The molecular formula is C19H22N2O3. The zero-order valence-electron chi connectivity index (χ0n) is 14.0. The molecule has 5 heteroatoms. The number of hydrogen-bond donors (Lipinski definition) is 1. The van der Waals surface area contributed by atoms with Gasteiger partial charge in [0, 0.05) is 25.3 Å². The first-order valence-corrected chi connectivity index (χ1v) is 8.10. The van der Waals surface area contributed by atoms with Gasteiger partial charge < -0.3 is 14.8 Å². The van der Waals surface area contributed by atoms with Crippen molar-refractivity contribution in [1.82, 2.24) is 5.32 Å². The largest absolute Gasteiger partial charge is 0.485 e. The van der Waals surface area contributed by atoms with Crippen molar-refractivity contribution in [3.63, 3.8) is 0 Å². The van der Waals surface area contributed by atoms with Crippen LogP contribution in [-0.2, 0) is 9.53 Å². The fourth-order valence-corrected chi connectivity index (χ4v) is 2.35. The van der Waals surface area contributed by atoms with Crippen molar-refractivity contribution in [3.8, 4) is 11.8 Å². The highest BCUT2D eigenvalue weighted by Gasteiger charge is 2.19. The van der Waals surface area contributed by atoms with E-state index in [4.69, 9.17) is 9.47 Å². The second kappa shape index (κ2) is 8.90. The molecule has 0 saturated carbocycles. The van der Waals surface area contributed by atoms with E-state index >= 15 is 0 Å². The Kier molecular flexibility index (Phi) is 6.59. The van der Waals surface area contributed by atoms with Crippen molar-refractivity contribution < 1.29 is 14.3 Å². The molecule has 1 aromatic rings. The molecule has 0 radical (unpaired) electrons. The third kappa shape index (κ3) is 4.71. The van der Waals surface area contributed by atoms with Crippen molar-refractivity contribution in [2.75, 3.05) is 19.8 Å². The Morgan fingerprint density at radius 2 is 2.25 bits per heavy atom. The van der Waals surface area contributed by atoms with E-state index in [0.29, 0.717) is 26.2 Å². The first-order valence-electron chi connectivity index (χ1n) is 8.10. The highest BCUT2D eigenvalue weighted by atomic mass is 16.5. The fraction of sp³-hybridized carbons (Fsp3) is 0.368. The Morgan fingerprint density at radius 3 is 3.00 bits per heavy atom. The number of amides is 1. The molecule has 0 bridgehead atoms. The van der Waals surface area contributed by atoms with Crippen LogP contribution in [0.15, 0.2) is 41.5 Å². The average molecular weight is 326 g/mol. The van der Waals surface area contributed by atoms with Gasteiger partial charge in [0.05, 0.1) is 0 Å². The van der Waals surface area contributed by atoms with Gasteiger partial charge in [0.15, 0.2) is 0 Å². The molecule has 0 spiro atoms. The lowest BCUT2D eigenvalue weighted by Crippen LogP contribution is -2.27. The summed E-state index contributed by atoms with van der Waals surface area (Å²) >= 11 is 0. The average Bonchev–Trinajstić information content (AvgIpc) is 2.59. The van der Waals surface area contributed by atoms with Crippen LogP contribution >= 0.6 is 0 Å². The Morgan fingerprint density at radius 1 is 1.46 bits per heavy atom. The van der Waals surface area contributed by atoms with E-state index in [-0.39, 0.29) is 17.6 Å². The molecule has 0 aromatic heterocycles. The van der Waals surface area contributed by atoms with Gasteiger partial charge >= 0.3 is 0 Å². The van der Waals surface area contributed by atoms with Crippen LogP contribution < -0.4 is 10.1 Å². The van der Waals surface area contributed by atoms with Crippen LogP contribution in [0.25, 0.3) is 6.08 Å². The van der Waals surface area contributed by atoms with Crippen LogP contribution in [0.1, 0.15) is 25.8 Å². The van der Waals surface area contributed by atoms with E-state index in [1.54, 1.807) is 6.08 Å². The minimum Gasteiger partial charge on any atom is -0.485 e. The Balaban J connectivity index is 2.06. The first kappa shape index (κ1) is 17.8. The molecule has 1 amide bonds. The lowest BCUT2D eigenvalue weighted by molar-refractivity contribution is -0.117. The summed E-state index contributed by atoms with van der Waals surface area (Å²) < 4.78 is 11.0. The summed E-state index contributed by atoms with van der Waals surface area (Å²) in [6, 6.07) is 9.64. The van der Waals surface area contributed by atoms with Gasteiger partial charge in [0.1, 0.15) is 23.5 Å². The third-order valence-corrected chi connectivity index (χ3v) is 3.65. The van der Waals surface area contributed by atoms with Crippen LogP contribution in [0.2, 0.25) is 0 Å². The zero-order valence-corrected chi connectivity index (χ0v) is 14.0. The molecule has 1 unspecified atom stereocenters. The van der Waals surface area contributed by atoms with Gasteiger partial charge in [-0.25, -0.2) is 0 Å². The number of ether oxygens (including phenoxy) is 2. The van der Waals surface area contributed by atoms with E-state index in [0.717, 1.165) is 16.9 Å². The number of carbonyl (C=O) groups excluding carboxylic acids is 1. The maximum absolute atomic E-state index is 12.1. The summed E-state index contributed by atoms with van der Waals surface area (Å²) in [4.78, 5) is 12.1. The van der Waals surface area contributed by atoms with Crippen LogP contribution in [0.5, 0.6) is 5.75 Å². The highest BCUT2D eigenvalue weighted by molar-refractivity contribution is 5.98. The van der Waals surface area contributed by atoms with Crippen LogP contribution in [-0.4, -0.2) is 31.8 Å². The van der Waals surface area contributed by atoms with Gasteiger partial charge in [-0.2, -0.15) is 5.26 Å². The van der Waals surface area contributed by atoms with Gasteiger partial charge in [-0.05, 0) is 44.1 Å². The maximum Gasteiger partial charge on any atom is 0.261 e. The van der Waals surface area contributed by atoms with Gasteiger partial charge in [-0.3, -0.25) is 4.79 Å². The smallest absolute Gasteiger partial charge is 0.261 e. The molecule has 1 aliphatic heterocycles. The molecule has 5 nitrogen and oxygen atoms in total. The molecule has 1 atom stereocenters. The fourth-order valence-electron chi connectivity index (χ4n) is 2.35. The van der Waals surface area contributed by atoms with Crippen molar-refractivity contribution in [2.24, 2.45) is 0 Å². The standard InChI is InChI=1S/C19H22N2O3/c1-3-23-10-6-9-21-19(22)17(13-20)12-16-11-15-7-4-5-8-18(15)24-14(16)2/h4-5,7-8,11-12,14H,3,6,9-10H2,1-2H3,(H,21,22)/b17-12-. The van der Waals surface area contributed by atoms with Gasteiger partial charge in [-0.15, -0.1) is 0 Å². The van der Waals surface area contributed by atoms with Gasteiger partial charge in [-0.1, -0.05) is 18.2 Å². The molecule has 1 heterocycles. The number of nitrogens with one attached hydrogen (secondary N) is 1. The molecular weight excluding hydrogens is 304 g/mol. The number of carbonyl (C=O) groups is 1. The second-order valence-electron chi connectivity index (χ2n) is 5.42. The van der Waals surface area contributed by atoms with E-state index in [1.165, 1.54) is 0 Å². The number of nitrogens with zero attached hydrogens (tertiary/aromatic N) is 1. The molecule has 0 aliphatic carbocycles. The normalized spacial score (nSPS) is 16.5. The van der Waals surface area contributed by atoms with Crippen molar-refractivity contribution in [1.29, 1.82) is 5.26 Å². The van der Waals surface area contributed by atoms with Crippen LogP contribution in [0.3, 0.4) is 0 Å². The summed E-state index contributed by atoms with van der Waals surface area (Å²) in [5.41, 5.74) is 1.82. The van der Waals surface area contributed by atoms with Crippen molar-refractivity contribution >= 4 is 12.0 Å². The molecule has 2 rings (SSSR count). The Hall–Kier alpha value is -2.58. The van der Waals surface area contributed by atoms with E-state index in [1.807, 2.05) is 50.3 Å². The SMILES string of the molecule is CCOCCCNC(=O)/C(C#N)=C\C1=Cc2ccccc2OC1C. The molecule has 24 heavy (non-hydrogen) atoms. The number of para-hydroxylation sites is 1. The van der Waals surface area contributed by atoms with Crippen LogP contribution in [0, 0.1) is 11.3 Å². The molecule has 126 valence electrons. The Labute approximate surface area is 142 Å².